The van der Waals surface area contributed by atoms with E-state index in [9.17, 15) is 4.79 Å². The van der Waals surface area contributed by atoms with Crippen LogP contribution < -0.4 is 5.32 Å². The minimum atomic E-state index is -0.280. The quantitative estimate of drug-likeness (QED) is 0.821. The monoisotopic (exact) mass is 320 g/mol. The zero-order chi connectivity index (χ0) is 15.8. The molecule has 0 fully saturated rings. The molecule has 0 bridgehead atoms. The number of nitrogens with zero attached hydrogens (tertiary/aromatic N) is 3. The number of nitrogens with one attached hydrogen (secondary N) is 1. The molecule has 2 amide bonds. The van der Waals surface area contributed by atoms with E-state index in [1.54, 1.807) is 4.90 Å². The molecule has 1 aromatic carbocycles. The first-order valence-corrected chi connectivity index (χ1v) is 8.07. The van der Waals surface area contributed by atoms with Crippen LogP contribution in [0.3, 0.4) is 0 Å². The van der Waals surface area contributed by atoms with Crippen molar-refractivity contribution in [3.8, 4) is 0 Å². The summed E-state index contributed by atoms with van der Waals surface area (Å²) in [6, 6.07) is 9.38. The van der Waals surface area contributed by atoms with E-state index in [0.29, 0.717) is 11.7 Å². The number of aromatic nitrogens is 2. The Morgan fingerprint density at radius 3 is 2.77 bits per heavy atom. The van der Waals surface area contributed by atoms with E-state index in [4.69, 9.17) is 5.11 Å². The maximum atomic E-state index is 12.3. The Balaban J connectivity index is 1.99. The maximum Gasteiger partial charge on any atom is 0.324 e. The molecule has 118 valence electrons. The number of urea groups is 1. The molecule has 22 heavy (non-hydrogen) atoms. The van der Waals surface area contributed by atoms with E-state index in [-0.39, 0.29) is 19.2 Å². The molecule has 0 saturated carbocycles. The Kier molecular flexibility index (Phi) is 6.29. The summed E-state index contributed by atoms with van der Waals surface area (Å²) in [6.07, 6.45) is 1.85. The van der Waals surface area contributed by atoms with Crippen molar-refractivity contribution < 1.29 is 9.90 Å². The molecule has 0 spiro atoms. The number of carbonyl (C=O) groups excluding carboxylic acids is 1. The molecule has 0 unspecified atom stereocenters. The van der Waals surface area contributed by atoms with Crippen LogP contribution in [0.1, 0.15) is 23.9 Å². The van der Waals surface area contributed by atoms with Gasteiger partial charge in [0.1, 0.15) is 5.01 Å². The Morgan fingerprint density at radius 1 is 1.32 bits per heavy atom. The lowest BCUT2D eigenvalue weighted by Gasteiger charge is -2.21. The fraction of sp³-hybridized carbons (Fsp3) is 0.400. The lowest BCUT2D eigenvalue weighted by Crippen LogP contribution is -2.36. The van der Waals surface area contributed by atoms with Crippen LogP contribution in [-0.2, 0) is 13.0 Å². The van der Waals surface area contributed by atoms with Crippen LogP contribution in [0.25, 0.3) is 0 Å². The Labute approximate surface area is 133 Å². The number of aliphatic hydroxyl groups is 1. The summed E-state index contributed by atoms with van der Waals surface area (Å²) in [5.74, 6) is 0. The van der Waals surface area contributed by atoms with Gasteiger partial charge in [-0.15, -0.1) is 10.2 Å². The highest BCUT2D eigenvalue weighted by Crippen LogP contribution is 2.17. The van der Waals surface area contributed by atoms with Crippen LogP contribution in [0.4, 0.5) is 9.93 Å². The van der Waals surface area contributed by atoms with Gasteiger partial charge in [-0.25, -0.2) is 4.79 Å². The van der Waals surface area contributed by atoms with Crippen molar-refractivity contribution in [2.75, 3.05) is 18.5 Å². The highest BCUT2D eigenvalue weighted by atomic mass is 32.1. The smallest absolute Gasteiger partial charge is 0.324 e. The fourth-order valence-corrected chi connectivity index (χ4v) is 2.80. The van der Waals surface area contributed by atoms with Crippen molar-refractivity contribution in [3.05, 3.63) is 40.9 Å². The van der Waals surface area contributed by atoms with Crippen molar-refractivity contribution in [1.82, 2.24) is 15.1 Å². The third-order valence-corrected chi connectivity index (χ3v) is 3.92. The van der Waals surface area contributed by atoms with Crippen LogP contribution >= 0.6 is 11.3 Å². The predicted octanol–water partition coefficient (Wildman–Crippen LogP) is 2.52. The average molecular weight is 320 g/mol. The van der Waals surface area contributed by atoms with E-state index in [0.717, 1.165) is 23.4 Å². The molecule has 2 rings (SSSR count). The predicted molar refractivity (Wildman–Crippen MR) is 86.9 cm³/mol. The molecule has 2 aromatic rings. The first-order chi connectivity index (χ1) is 10.7. The number of hydrogen-bond acceptors (Lipinski definition) is 5. The molecule has 0 saturated heterocycles. The molecule has 1 aromatic heterocycles. The molecule has 0 aliphatic carbocycles. The fourth-order valence-electron chi connectivity index (χ4n) is 1.97. The Bertz CT molecular complexity index is 588. The summed E-state index contributed by atoms with van der Waals surface area (Å²) in [5, 5.41) is 21.3. The van der Waals surface area contributed by atoms with E-state index in [1.165, 1.54) is 11.3 Å². The zero-order valence-electron chi connectivity index (χ0n) is 12.5. The highest BCUT2D eigenvalue weighted by molar-refractivity contribution is 7.15. The molecule has 0 atom stereocenters. The van der Waals surface area contributed by atoms with Crippen LogP contribution in [0, 0.1) is 0 Å². The van der Waals surface area contributed by atoms with E-state index in [1.807, 2.05) is 30.3 Å². The van der Waals surface area contributed by atoms with Gasteiger partial charge in [-0.05, 0) is 12.0 Å². The average Bonchev–Trinajstić information content (AvgIpc) is 2.95. The second-order valence-corrected chi connectivity index (χ2v) is 5.87. The number of carbonyl (C=O) groups is 1. The van der Waals surface area contributed by atoms with Gasteiger partial charge in [-0.3, -0.25) is 5.32 Å². The molecule has 1 heterocycles. The number of aliphatic hydroxyl groups excluding tert-OH is 1. The summed E-state index contributed by atoms with van der Waals surface area (Å²) in [6.45, 7) is 2.69. The summed E-state index contributed by atoms with van der Waals surface area (Å²) in [7, 11) is 0. The van der Waals surface area contributed by atoms with Gasteiger partial charge in [0, 0.05) is 19.5 Å². The number of hydrogen-bond donors (Lipinski definition) is 2. The molecular weight excluding hydrogens is 300 g/mol. The minimum Gasteiger partial charge on any atom is -0.395 e. The third kappa shape index (κ3) is 4.78. The van der Waals surface area contributed by atoms with Gasteiger partial charge in [0.25, 0.3) is 0 Å². The summed E-state index contributed by atoms with van der Waals surface area (Å²) in [4.78, 5) is 13.9. The highest BCUT2D eigenvalue weighted by Gasteiger charge is 2.15. The summed E-state index contributed by atoms with van der Waals surface area (Å²) >= 11 is 1.38. The second-order valence-electron chi connectivity index (χ2n) is 4.81. The number of aryl methyl sites for hydroxylation is 1. The van der Waals surface area contributed by atoms with E-state index >= 15 is 0 Å². The van der Waals surface area contributed by atoms with Crippen molar-refractivity contribution >= 4 is 22.5 Å². The molecule has 7 heteroatoms. The van der Waals surface area contributed by atoms with Gasteiger partial charge in [0.15, 0.2) is 0 Å². The van der Waals surface area contributed by atoms with Crippen molar-refractivity contribution in [3.63, 3.8) is 0 Å². The molecular formula is C15H20N4O2S. The number of rotatable bonds is 7. The topological polar surface area (TPSA) is 78.4 Å². The lowest BCUT2D eigenvalue weighted by atomic mass is 10.2. The first-order valence-electron chi connectivity index (χ1n) is 7.26. The normalized spacial score (nSPS) is 10.5. The Morgan fingerprint density at radius 2 is 2.09 bits per heavy atom. The second kappa shape index (κ2) is 8.45. The van der Waals surface area contributed by atoms with Crippen LogP contribution in [-0.4, -0.2) is 39.4 Å². The molecule has 0 aliphatic heterocycles. The third-order valence-electron chi connectivity index (χ3n) is 3.02. The first kappa shape index (κ1) is 16.4. The lowest BCUT2D eigenvalue weighted by molar-refractivity contribution is 0.185. The van der Waals surface area contributed by atoms with Crippen molar-refractivity contribution in [2.45, 2.75) is 26.3 Å². The molecule has 0 aliphatic rings. The maximum absolute atomic E-state index is 12.3. The van der Waals surface area contributed by atoms with Crippen LogP contribution in [0.5, 0.6) is 0 Å². The van der Waals surface area contributed by atoms with Gasteiger partial charge in [0.05, 0.1) is 6.61 Å². The van der Waals surface area contributed by atoms with Gasteiger partial charge >= 0.3 is 6.03 Å². The number of benzene rings is 1. The summed E-state index contributed by atoms with van der Waals surface area (Å²) < 4.78 is 0. The Hall–Kier alpha value is -1.99. The van der Waals surface area contributed by atoms with Gasteiger partial charge in [-0.1, -0.05) is 48.6 Å². The van der Waals surface area contributed by atoms with Gasteiger partial charge in [0.2, 0.25) is 5.13 Å². The van der Waals surface area contributed by atoms with E-state index < -0.39 is 0 Å². The zero-order valence-corrected chi connectivity index (χ0v) is 13.3. The standard InChI is InChI=1S/C15H20N4O2S/c1-2-6-13-17-18-14(22-13)16-15(21)19(9-10-20)11-12-7-4-3-5-8-12/h3-5,7-8,20H,2,6,9-11H2,1H3,(H,16,18,21). The van der Waals surface area contributed by atoms with Crippen LogP contribution in [0.15, 0.2) is 30.3 Å². The molecule has 2 N–H and O–H groups in total. The SMILES string of the molecule is CCCc1nnc(NC(=O)N(CCO)Cc2ccccc2)s1. The summed E-state index contributed by atoms with van der Waals surface area (Å²) in [5.41, 5.74) is 1.01. The molecule has 6 nitrogen and oxygen atoms in total. The van der Waals surface area contributed by atoms with Crippen molar-refractivity contribution in [2.24, 2.45) is 0 Å². The van der Waals surface area contributed by atoms with Crippen molar-refractivity contribution in [1.29, 1.82) is 0 Å². The number of anilines is 1. The van der Waals surface area contributed by atoms with Crippen LogP contribution in [0.2, 0.25) is 0 Å². The van der Waals surface area contributed by atoms with E-state index in [2.05, 4.69) is 22.4 Å². The van der Waals surface area contributed by atoms with Gasteiger partial charge < -0.3 is 10.0 Å². The number of amides is 2. The van der Waals surface area contributed by atoms with Gasteiger partial charge in [-0.2, -0.15) is 0 Å². The largest absolute Gasteiger partial charge is 0.395 e. The minimum absolute atomic E-state index is 0.0859. The molecule has 0 radical (unpaired) electrons.